The number of hydrogen-bond donors (Lipinski definition) is 2. The number of hydrogen-bond acceptors (Lipinski definition) is 5. The second-order valence-corrected chi connectivity index (χ2v) is 4.74. The number of amides is 1. The lowest BCUT2D eigenvalue weighted by Gasteiger charge is -2.34. The summed E-state index contributed by atoms with van der Waals surface area (Å²) in [5.74, 6) is -0.308. The summed E-state index contributed by atoms with van der Waals surface area (Å²) < 4.78 is 5.15. The average Bonchev–Trinajstić information content (AvgIpc) is 2.41. The Morgan fingerprint density at radius 2 is 2.15 bits per heavy atom. The maximum absolute atomic E-state index is 12.2. The van der Waals surface area contributed by atoms with Crippen molar-refractivity contribution in [1.82, 2.24) is 5.32 Å². The van der Waals surface area contributed by atoms with E-state index in [1.54, 1.807) is 14.2 Å². The lowest BCUT2D eigenvalue weighted by atomic mass is 9.89. The van der Waals surface area contributed by atoms with Crippen LogP contribution in [0.15, 0.2) is 18.2 Å². The number of nitro groups is 1. The molecule has 1 amide bonds. The van der Waals surface area contributed by atoms with Crippen LogP contribution in [0.4, 0.5) is 11.4 Å². The summed E-state index contributed by atoms with van der Waals surface area (Å²) in [5, 5.41) is 16.5. The predicted molar refractivity (Wildman–Crippen MR) is 73.9 cm³/mol. The van der Waals surface area contributed by atoms with E-state index in [1.165, 1.54) is 18.2 Å². The zero-order valence-electron chi connectivity index (χ0n) is 11.4. The van der Waals surface area contributed by atoms with Crippen LogP contribution in [0.5, 0.6) is 0 Å². The second kappa shape index (κ2) is 5.87. The highest BCUT2D eigenvalue weighted by Gasteiger charge is 2.31. The molecule has 0 spiro atoms. The van der Waals surface area contributed by atoms with Crippen LogP contribution in [0, 0.1) is 10.1 Å². The lowest BCUT2D eigenvalue weighted by molar-refractivity contribution is -0.384. The largest absolute Gasteiger partial charge is 0.387 e. The fourth-order valence-corrected chi connectivity index (χ4v) is 2.19. The van der Waals surface area contributed by atoms with Gasteiger partial charge < -0.3 is 15.4 Å². The minimum Gasteiger partial charge on any atom is -0.387 e. The van der Waals surface area contributed by atoms with Crippen molar-refractivity contribution in [1.29, 1.82) is 0 Å². The topological polar surface area (TPSA) is 93.5 Å². The molecule has 108 valence electrons. The van der Waals surface area contributed by atoms with E-state index in [-0.39, 0.29) is 29.3 Å². The number of carbonyl (C=O) groups is 1. The molecule has 1 aliphatic rings. The van der Waals surface area contributed by atoms with Crippen LogP contribution in [0.1, 0.15) is 23.2 Å². The predicted octanol–water partition coefficient (Wildman–Crippen LogP) is 1.54. The lowest BCUT2D eigenvalue weighted by Crippen LogP contribution is -2.47. The van der Waals surface area contributed by atoms with Crippen molar-refractivity contribution in [3.05, 3.63) is 33.9 Å². The fourth-order valence-electron chi connectivity index (χ4n) is 2.19. The molecule has 0 radical (unpaired) electrons. The van der Waals surface area contributed by atoms with Crippen molar-refractivity contribution in [2.45, 2.75) is 25.0 Å². The highest BCUT2D eigenvalue weighted by atomic mass is 16.6. The van der Waals surface area contributed by atoms with E-state index in [0.29, 0.717) is 5.69 Å². The molecule has 1 saturated carbocycles. The van der Waals surface area contributed by atoms with Gasteiger partial charge in [-0.1, -0.05) is 0 Å². The highest BCUT2D eigenvalue weighted by Crippen LogP contribution is 2.25. The van der Waals surface area contributed by atoms with Gasteiger partial charge in [0.05, 0.1) is 16.6 Å². The summed E-state index contributed by atoms with van der Waals surface area (Å²) in [5.41, 5.74) is 0.746. The smallest absolute Gasteiger partial charge is 0.270 e. The molecule has 7 nitrogen and oxygen atoms in total. The number of anilines is 1. The van der Waals surface area contributed by atoms with Gasteiger partial charge in [-0.25, -0.2) is 0 Å². The van der Waals surface area contributed by atoms with Crippen molar-refractivity contribution >= 4 is 17.3 Å². The summed E-state index contributed by atoms with van der Waals surface area (Å²) in [6.07, 6.45) is 1.73. The minimum atomic E-state index is -0.513. The molecule has 1 fully saturated rings. The van der Waals surface area contributed by atoms with Gasteiger partial charge in [0, 0.05) is 38.0 Å². The summed E-state index contributed by atoms with van der Waals surface area (Å²) in [6.45, 7) is 0. The third-order valence-electron chi connectivity index (χ3n) is 3.49. The van der Waals surface area contributed by atoms with Crippen molar-refractivity contribution in [3.8, 4) is 0 Å². The van der Waals surface area contributed by atoms with Crippen LogP contribution in [0.3, 0.4) is 0 Å². The molecule has 0 aliphatic heterocycles. The molecule has 1 aliphatic carbocycles. The monoisotopic (exact) mass is 279 g/mol. The van der Waals surface area contributed by atoms with Gasteiger partial charge in [0.25, 0.3) is 11.6 Å². The fraction of sp³-hybridized carbons (Fsp3) is 0.462. The van der Waals surface area contributed by atoms with Crippen molar-refractivity contribution in [3.63, 3.8) is 0 Å². The molecular formula is C13H17N3O4. The number of rotatable bonds is 5. The van der Waals surface area contributed by atoms with Gasteiger partial charge in [0.1, 0.15) is 0 Å². The van der Waals surface area contributed by atoms with Gasteiger partial charge in [-0.2, -0.15) is 0 Å². The molecule has 20 heavy (non-hydrogen) atoms. The van der Waals surface area contributed by atoms with Gasteiger partial charge >= 0.3 is 0 Å². The van der Waals surface area contributed by atoms with Crippen LogP contribution in [-0.4, -0.2) is 37.1 Å². The first-order valence-corrected chi connectivity index (χ1v) is 6.35. The molecule has 0 bridgehead atoms. The zero-order valence-corrected chi connectivity index (χ0v) is 11.4. The first-order valence-electron chi connectivity index (χ1n) is 6.35. The van der Waals surface area contributed by atoms with Crippen LogP contribution < -0.4 is 10.6 Å². The maximum atomic E-state index is 12.2. The molecule has 2 N–H and O–H groups in total. The van der Waals surface area contributed by atoms with E-state index in [9.17, 15) is 14.9 Å². The Hall–Kier alpha value is -2.15. The molecule has 1 aromatic rings. The van der Waals surface area contributed by atoms with Gasteiger partial charge in [-0.3, -0.25) is 14.9 Å². The second-order valence-electron chi connectivity index (χ2n) is 4.74. The summed E-state index contributed by atoms with van der Waals surface area (Å²) in [6, 6.07) is 4.25. The van der Waals surface area contributed by atoms with Crippen molar-refractivity contribution < 1.29 is 14.5 Å². The molecule has 0 atom stereocenters. The number of nitrogens with zero attached hydrogens (tertiary/aromatic N) is 1. The van der Waals surface area contributed by atoms with Crippen molar-refractivity contribution in [2.75, 3.05) is 19.5 Å². The Morgan fingerprint density at radius 1 is 1.45 bits per heavy atom. The van der Waals surface area contributed by atoms with Gasteiger partial charge in [-0.05, 0) is 18.9 Å². The third kappa shape index (κ3) is 2.88. The molecule has 7 heteroatoms. The highest BCUT2D eigenvalue weighted by molar-refractivity contribution is 6.00. The molecule has 1 aromatic carbocycles. The summed E-state index contributed by atoms with van der Waals surface area (Å²) >= 11 is 0. The molecule has 0 aromatic heterocycles. The zero-order chi connectivity index (χ0) is 14.7. The molecule has 0 heterocycles. The van der Waals surface area contributed by atoms with Crippen LogP contribution in [0.25, 0.3) is 0 Å². The Kier molecular flexibility index (Phi) is 4.19. The average molecular weight is 279 g/mol. The molecule has 2 rings (SSSR count). The van der Waals surface area contributed by atoms with Crippen LogP contribution in [0.2, 0.25) is 0 Å². The number of carbonyl (C=O) groups excluding carboxylic acids is 1. The third-order valence-corrected chi connectivity index (χ3v) is 3.49. The normalized spacial score (nSPS) is 20.9. The van der Waals surface area contributed by atoms with Crippen LogP contribution in [-0.2, 0) is 4.74 Å². The van der Waals surface area contributed by atoms with Gasteiger partial charge in [-0.15, -0.1) is 0 Å². The van der Waals surface area contributed by atoms with Gasteiger partial charge in [0.15, 0.2) is 0 Å². The first-order chi connectivity index (χ1) is 9.55. The number of nitrogens with one attached hydrogen (secondary N) is 2. The van der Waals surface area contributed by atoms with E-state index in [1.807, 2.05) is 0 Å². The number of methoxy groups -OCH3 is 1. The van der Waals surface area contributed by atoms with E-state index >= 15 is 0 Å². The quantitative estimate of drug-likeness (QED) is 0.630. The SMILES string of the molecule is CNc1ccc([N+](=O)[O-])cc1C(=O)NC1CC(OC)C1. The molecular weight excluding hydrogens is 262 g/mol. The first kappa shape index (κ1) is 14.3. The Morgan fingerprint density at radius 3 is 2.70 bits per heavy atom. The number of non-ortho nitro benzene ring substituents is 1. The maximum Gasteiger partial charge on any atom is 0.270 e. The van der Waals surface area contributed by atoms with Crippen LogP contribution >= 0.6 is 0 Å². The van der Waals surface area contributed by atoms with E-state index in [4.69, 9.17) is 4.74 Å². The van der Waals surface area contributed by atoms with E-state index in [2.05, 4.69) is 10.6 Å². The number of nitro benzene ring substituents is 1. The van der Waals surface area contributed by atoms with E-state index < -0.39 is 4.92 Å². The Balaban J connectivity index is 2.11. The Labute approximate surface area is 116 Å². The van der Waals surface area contributed by atoms with E-state index in [0.717, 1.165) is 12.8 Å². The summed E-state index contributed by atoms with van der Waals surface area (Å²) in [7, 11) is 3.31. The standard InChI is InChI=1S/C13H17N3O4/c1-14-12-4-3-9(16(18)19)7-11(12)13(17)15-8-5-10(6-8)20-2/h3-4,7-8,10,14H,5-6H2,1-2H3,(H,15,17). The van der Waals surface area contributed by atoms with Gasteiger partial charge in [0.2, 0.25) is 0 Å². The Bertz CT molecular complexity index is 526. The summed E-state index contributed by atoms with van der Waals surface area (Å²) in [4.78, 5) is 22.5. The molecule has 0 unspecified atom stereocenters. The number of ether oxygens (including phenoxy) is 1. The minimum absolute atomic E-state index is 0.0661. The molecule has 0 saturated heterocycles. The van der Waals surface area contributed by atoms with Crippen molar-refractivity contribution in [2.24, 2.45) is 0 Å². The number of benzene rings is 1.